The van der Waals surface area contributed by atoms with E-state index in [1.54, 1.807) is 0 Å². The maximum absolute atomic E-state index is 10.3. The van der Waals surface area contributed by atoms with Gasteiger partial charge in [-0.05, 0) is 120 Å². The minimum Gasteiger partial charge on any atom is -0.309 e. The molecule has 0 spiro atoms. The molecule has 8 nitrogen and oxygen atoms in total. The van der Waals surface area contributed by atoms with Crippen molar-refractivity contribution in [2.75, 3.05) is 0 Å². The number of fused-ring (bicyclic) bond motifs is 12. The number of rotatable bonds is 9. The second kappa shape index (κ2) is 20.3. The largest absolute Gasteiger partial charge is 0.309 e. The quantitative estimate of drug-likeness (QED) is 0.144. The van der Waals surface area contributed by atoms with Crippen LogP contribution in [0.2, 0.25) is 0 Å². The molecule has 0 saturated carbocycles. The summed E-state index contributed by atoms with van der Waals surface area (Å²) < 4.78 is 9.68. The van der Waals surface area contributed by atoms with Gasteiger partial charge in [-0.25, -0.2) is 15.0 Å². The highest BCUT2D eigenvalue weighted by Gasteiger charge is 2.25. The molecular weight excluding hydrogens is 1100 g/mol. The standard InChI is InChI=1S/C82H50N8/c83-51-52-20-19-25-55(46-52)56-38-42-66(79(48-56)90-75-37-18-12-31-65(75)69-50-59(41-45-78(69)90)88-72-34-15-9-28-62(72)63-29-10-16-35-73(63)88)67-47-57(82-85-80(53-21-3-1-4-22-53)84-81(86-82)54-23-5-2-6-24-54)39-43-76(67)89-74-36-17-11-30-64(74)68-49-58(40-44-77(68)89)87-70-32-13-7-26-60(70)61-27-8-14-33-71(61)87/h1-50H. The van der Waals surface area contributed by atoms with E-state index in [-0.39, 0.29) is 0 Å². The minimum atomic E-state index is 0.550. The number of hydrogen-bond donors (Lipinski definition) is 0. The Morgan fingerprint density at radius 1 is 0.233 bits per heavy atom. The molecule has 8 heteroatoms. The third-order valence-corrected chi connectivity index (χ3v) is 18.0. The molecule has 0 aliphatic rings. The molecule has 0 unspecified atom stereocenters. The van der Waals surface area contributed by atoms with Gasteiger partial charge in [-0.3, -0.25) is 0 Å². The Balaban J connectivity index is 0.929. The molecule has 18 rings (SSSR count). The highest BCUT2D eigenvalue weighted by Crippen LogP contribution is 2.45. The fraction of sp³-hybridized carbons (Fsp3) is 0. The van der Waals surface area contributed by atoms with Gasteiger partial charge in [0, 0.05) is 82.3 Å². The zero-order chi connectivity index (χ0) is 59.4. The van der Waals surface area contributed by atoms with E-state index in [0.717, 1.165) is 127 Å². The molecule has 0 amide bonds. The van der Waals surface area contributed by atoms with Crippen LogP contribution in [-0.4, -0.2) is 33.2 Å². The van der Waals surface area contributed by atoms with E-state index in [4.69, 9.17) is 15.0 Å². The molecule has 18 aromatic rings. The van der Waals surface area contributed by atoms with Crippen molar-refractivity contribution in [3.63, 3.8) is 0 Å². The van der Waals surface area contributed by atoms with E-state index in [0.29, 0.717) is 23.0 Å². The summed E-state index contributed by atoms with van der Waals surface area (Å²) in [6, 6.07) is 110. The van der Waals surface area contributed by atoms with Crippen LogP contribution in [0.5, 0.6) is 0 Å². The molecule has 418 valence electrons. The van der Waals surface area contributed by atoms with Gasteiger partial charge in [-0.15, -0.1) is 0 Å². The molecular formula is C82H50N8. The molecule has 0 aliphatic heterocycles. The summed E-state index contributed by atoms with van der Waals surface area (Å²) in [5.74, 6) is 1.72. The van der Waals surface area contributed by atoms with Crippen molar-refractivity contribution in [1.82, 2.24) is 33.2 Å². The highest BCUT2D eigenvalue weighted by atomic mass is 15.0. The van der Waals surface area contributed by atoms with Crippen LogP contribution in [0, 0.1) is 11.3 Å². The molecule has 0 aliphatic carbocycles. The van der Waals surface area contributed by atoms with E-state index >= 15 is 0 Å². The molecule has 0 bridgehead atoms. The zero-order valence-corrected chi connectivity index (χ0v) is 48.4. The first-order chi connectivity index (χ1) is 44.6. The first kappa shape index (κ1) is 50.8. The van der Waals surface area contributed by atoms with Crippen molar-refractivity contribution in [2.24, 2.45) is 0 Å². The Morgan fingerprint density at radius 2 is 0.600 bits per heavy atom. The predicted octanol–water partition coefficient (Wildman–Crippen LogP) is 20.5. The lowest BCUT2D eigenvalue weighted by Crippen LogP contribution is -2.04. The van der Waals surface area contributed by atoms with E-state index < -0.39 is 0 Å². The Labute approximate surface area is 516 Å². The van der Waals surface area contributed by atoms with Gasteiger partial charge in [-0.2, -0.15) is 5.26 Å². The summed E-state index contributed by atoms with van der Waals surface area (Å²) in [5, 5.41) is 19.7. The SMILES string of the molecule is N#Cc1cccc(-c2ccc(-c3cc(-c4nc(-c5ccccc5)nc(-c5ccccc5)n4)ccc3-n3c4ccccc4c4cc(-n5c6ccccc6c6ccccc65)ccc43)c(-n3c4ccccc4c4cc(-n5c6ccccc6c6ccccc65)ccc43)c2)c1. The van der Waals surface area contributed by atoms with Crippen LogP contribution >= 0.6 is 0 Å². The lowest BCUT2D eigenvalue weighted by Gasteiger charge is -2.21. The zero-order valence-electron chi connectivity index (χ0n) is 48.4. The average Bonchev–Trinajstić information content (AvgIpc) is 1.62. The van der Waals surface area contributed by atoms with Crippen LogP contribution in [0.25, 0.3) is 166 Å². The summed E-state index contributed by atoms with van der Waals surface area (Å²) in [4.78, 5) is 15.8. The molecule has 0 fully saturated rings. The number of nitriles is 1. The average molecular weight is 1150 g/mol. The van der Waals surface area contributed by atoms with E-state index in [2.05, 4.69) is 273 Å². The highest BCUT2D eigenvalue weighted by molar-refractivity contribution is 6.15. The van der Waals surface area contributed by atoms with Gasteiger partial charge in [0.1, 0.15) is 0 Å². The van der Waals surface area contributed by atoms with Crippen molar-refractivity contribution >= 4 is 87.2 Å². The molecule has 13 aromatic carbocycles. The lowest BCUT2D eigenvalue weighted by molar-refractivity contribution is 1.07. The summed E-state index contributed by atoms with van der Waals surface area (Å²) in [6.07, 6.45) is 0. The monoisotopic (exact) mass is 1150 g/mol. The van der Waals surface area contributed by atoms with Crippen LogP contribution in [0.15, 0.2) is 303 Å². The Morgan fingerprint density at radius 3 is 1.07 bits per heavy atom. The Kier molecular flexibility index (Phi) is 11.5. The molecule has 0 radical (unpaired) electrons. The van der Waals surface area contributed by atoms with Crippen LogP contribution in [0.4, 0.5) is 0 Å². The maximum atomic E-state index is 10.3. The van der Waals surface area contributed by atoms with Crippen LogP contribution in [0.3, 0.4) is 0 Å². The van der Waals surface area contributed by atoms with E-state index in [9.17, 15) is 5.26 Å². The van der Waals surface area contributed by atoms with Crippen molar-refractivity contribution in [3.8, 4) is 85.2 Å². The smallest absolute Gasteiger partial charge is 0.164 e. The van der Waals surface area contributed by atoms with Crippen LogP contribution < -0.4 is 0 Å². The normalized spacial score (nSPS) is 11.8. The minimum absolute atomic E-state index is 0.550. The van der Waals surface area contributed by atoms with Crippen LogP contribution in [0.1, 0.15) is 5.56 Å². The predicted molar refractivity (Wildman–Crippen MR) is 369 cm³/mol. The summed E-state index contributed by atoms with van der Waals surface area (Å²) in [5.41, 5.74) is 20.0. The van der Waals surface area contributed by atoms with Crippen molar-refractivity contribution in [1.29, 1.82) is 5.26 Å². The first-order valence-corrected chi connectivity index (χ1v) is 30.3. The molecule has 5 aromatic heterocycles. The first-order valence-electron chi connectivity index (χ1n) is 30.3. The summed E-state index contributed by atoms with van der Waals surface area (Å²) in [7, 11) is 0. The van der Waals surface area contributed by atoms with Crippen molar-refractivity contribution in [3.05, 3.63) is 309 Å². The van der Waals surface area contributed by atoms with E-state index in [1.165, 1.54) is 21.5 Å². The van der Waals surface area contributed by atoms with Gasteiger partial charge in [0.25, 0.3) is 0 Å². The third kappa shape index (κ3) is 7.97. The van der Waals surface area contributed by atoms with Gasteiger partial charge in [-0.1, -0.05) is 194 Å². The van der Waals surface area contributed by atoms with Gasteiger partial charge in [0.05, 0.1) is 67.1 Å². The molecule has 0 atom stereocenters. The molecule has 0 saturated heterocycles. The van der Waals surface area contributed by atoms with Gasteiger partial charge in [0.2, 0.25) is 0 Å². The van der Waals surface area contributed by atoms with E-state index in [1.807, 2.05) is 54.6 Å². The molecule has 90 heavy (non-hydrogen) atoms. The number of hydrogen-bond acceptors (Lipinski definition) is 4. The number of benzene rings is 13. The topological polar surface area (TPSA) is 82.2 Å². The van der Waals surface area contributed by atoms with Crippen molar-refractivity contribution < 1.29 is 0 Å². The second-order valence-electron chi connectivity index (χ2n) is 23.0. The Hall–Kier alpha value is -12.4. The number of nitrogens with zero attached hydrogens (tertiary/aromatic N) is 8. The summed E-state index contributed by atoms with van der Waals surface area (Å²) >= 11 is 0. The molecule has 5 heterocycles. The maximum Gasteiger partial charge on any atom is 0.164 e. The van der Waals surface area contributed by atoms with Crippen molar-refractivity contribution in [2.45, 2.75) is 0 Å². The second-order valence-corrected chi connectivity index (χ2v) is 23.0. The van der Waals surface area contributed by atoms with Gasteiger partial charge in [0.15, 0.2) is 17.5 Å². The fourth-order valence-corrected chi connectivity index (χ4v) is 14.0. The van der Waals surface area contributed by atoms with Crippen LogP contribution in [-0.2, 0) is 0 Å². The van der Waals surface area contributed by atoms with Gasteiger partial charge >= 0.3 is 0 Å². The lowest BCUT2D eigenvalue weighted by atomic mass is 9.94. The number of para-hydroxylation sites is 6. The third-order valence-electron chi connectivity index (χ3n) is 18.0. The molecule has 0 N–H and O–H groups in total. The number of aromatic nitrogens is 7. The summed E-state index contributed by atoms with van der Waals surface area (Å²) in [6.45, 7) is 0. The van der Waals surface area contributed by atoms with Gasteiger partial charge < -0.3 is 18.3 Å². The fourth-order valence-electron chi connectivity index (χ4n) is 14.0. The Bertz CT molecular complexity index is 5830.